The fourth-order valence-corrected chi connectivity index (χ4v) is 3.03. The fourth-order valence-electron chi connectivity index (χ4n) is 3.03. The lowest BCUT2D eigenvalue weighted by atomic mass is 10.0. The molecule has 0 N–H and O–H groups in total. The van der Waals surface area contributed by atoms with Crippen molar-refractivity contribution in [1.29, 1.82) is 0 Å². The van der Waals surface area contributed by atoms with Crippen molar-refractivity contribution in [1.82, 2.24) is 25.1 Å². The van der Waals surface area contributed by atoms with Crippen molar-refractivity contribution in [2.24, 2.45) is 11.8 Å². The van der Waals surface area contributed by atoms with Crippen LogP contribution in [0.15, 0.2) is 6.33 Å². The third-order valence-corrected chi connectivity index (χ3v) is 3.60. The third-order valence-electron chi connectivity index (χ3n) is 3.60. The molecule has 2 unspecified atom stereocenters. The van der Waals surface area contributed by atoms with Gasteiger partial charge in [0, 0.05) is 13.1 Å². The third kappa shape index (κ3) is 1.23. The first-order chi connectivity index (χ1) is 6.83. The van der Waals surface area contributed by atoms with Gasteiger partial charge < -0.3 is 4.90 Å². The van der Waals surface area contributed by atoms with Crippen LogP contribution in [0.1, 0.15) is 18.9 Å². The van der Waals surface area contributed by atoms with Gasteiger partial charge in [0.15, 0.2) is 6.33 Å². The summed E-state index contributed by atoms with van der Waals surface area (Å²) >= 11 is 0. The minimum atomic E-state index is 0.501. The summed E-state index contributed by atoms with van der Waals surface area (Å²) in [5, 5.41) is 11.9. The summed E-state index contributed by atoms with van der Waals surface area (Å²) in [5.41, 5.74) is 0. The number of nitrogens with zero attached hydrogens (tertiary/aromatic N) is 5. The molecule has 14 heavy (non-hydrogen) atoms. The van der Waals surface area contributed by atoms with Crippen molar-refractivity contribution in [3.05, 3.63) is 6.33 Å². The van der Waals surface area contributed by atoms with Crippen molar-refractivity contribution < 1.29 is 0 Å². The van der Waals surface area contributed by atoms with E-state index in [0.717, 1.165) is 11.8 Å². The number of fused-ring (bicyclic) bond motifs is 1. The van der Waals surface area contributed by atoms with Gasteiger partial charge in [0.2, 0.25) is 0 Å². The zero-order valence-corrected chi connectivity index (χ0v) is 8.37. The van der Waals surface area contributed by atoms with Gasteiger partial charge in [-0.1, -0.05) is 0 Å². The SMILES string of the molecule is CN1CC2CC(n3ncnn3)CC2C1. The van der Waals surface area contributed by atoms with E-state index in [-0.39, 0.29) is 0 Å². The van der Waals surface area contributed by atoms with E-state index >= 15 is 0 Å². The predicted molar refractivity (Wildman–Crippen MR) is 50.6 cm³/mol. The predicted octanol–water partition coefficient (Wildman–Crippen LogP) is 0.186. The molecular formula is C9H15N5. The number of rotatable bonds is 1. The van der Waals surface area contributed by atoms with E-state index < -0.39 is 0 Å². The molecule has 1 aromatic rings. The van der Waals surface area contributed by atoms with Crippen LogP contribution in [-0.2, 0) is 0 Å². The van der Waals surface area contributed by atoms with Crippen LogP contribution in [0, 0.1) is 11.8 Å². The summed E-state index contributed by atoms with van der Waals surface area (Å²) in [6, 6.07) is 0.501. The average Bonchev–Trinajstić information content (AvgIpc) is 2.74. The second-order valence-corrected chi connectivity index (χ2v) is 4.62. The number of tetrazole rings is 1. The van der Waals surface area contributed by atoms with Gasteiger partial charge in [-0.3, -0.25) is 0 Å². The fraction of sp³-hybridized carbons (Fsp3) is 0.889. The molecule has 2 fully saturated rings. The topological polar surface area (TPSA) is 46.8 Å². The van der Waals surface area contributed by atoms with E-state index in [9.17, 15) is 0 Å². The Hall–Kier alpha value is -0.970. The normalized spacial score (nSPS) is 37.6. The van der Waals surface area contributed by atoms with Gasteiger partial charge in [-0.15, -0.1) is 10.2 Å². The van der Waals surface area contributed by atoms with Gasteiger partial charge >= 0.3 is 0 Å². The first-order valence-electron chi connectivity index (χ1n) is 5.24. The number of hydrogen-bond acceptors (Lipinski definition) is 4. The van der Waals surface area contributed by atoms with E-state index in [1.807, 2.05) is 0 Å². The van der Waals surface area contributed by atoms with E-state index in [1.54, 1.807) is 4.80 Å². The van der Waals surface area contributed by atoms with E-state index in [2.05, 4.69) is 27.4 Å². The van der Waals surface area contributed by atoms with Crippen LogP contribution >= 0.6 is 0 Å². The lowest BCUT2D eigenvalue weighted by molar-refractivity contribution is 0.325. The van der Waals surface area contributed by atoms with Crippen LogP contribution in [0.3, 0.4) is 0 Å². The van der Waals surface area contributed by atoms with Gasteiger partial charge in [0.25, 0.3) is 0 Å². The lowest BCUT2D eigenvalue weighted by Gasteiger charge is -2.12. The van der Waals surface area contributed by atoms with E-state index in [4.69, 9.17) is 0 Å². The molecule has 0 radical (unpaired) electrons. The highest BCUT2D eigenvalue weighted by Crippen LogP contribution is 2.42. The molecule has 0 aromatic carbocycles. The molecule has 3 rings (SSSR count). The monoisotopic (exact) mass is 193 g/mol. The molecule has 2 atom stereocenters. The van der Waals surface area contributed by atoms with Gasteiger partial charge in [-0.2, -0.15) is 4.80 Å². The lowest BCUT2D eigenvalue weighted by Crippen LogP contribution is -2.18. The second kappa shape index (κ2) is 3.02. The molecule has 0 spiro atoms. The first kappa shape index (κ1) is 8.35. The van der Waals surface area contributed by atoms with E-state index in [1.165, 1.54) is 32.3 Å². The van der Waals surface area contributed by atoms with Crippen LogP contribution in [0.2, 0.25) is 0 Å². The Labute approximate surface area is 83.1 Å². The van der Waals surface area contributed by atoms with Gasteiger partial charge in [0.05, 0.1) is 6.04 Å². The summed E-state index contributed by atoms with van der Waals surface area (Å²) in [7, 11) is 2.21. The average molecular weight is 193 g/mol. The number of hydrogen-bond donors (Lipinski definition) is 0. The van der Waals surface area contributed by atoms with Gasteiger partial charge in [-0.25, -0.2) is 0 Å². The molecule has 1 saturated heterocycles. The van der Waals surface area contributed by atoms with Crippen LogP contribution in [0.4, 0.5) is 0 Å². The molecule has 2 heterocycles. The highest BCUT2D eigenvalue weighted by molar-refractivity contribution is 4.92. The number of aromatic nitrogens is 4. The molecule has 2 aliphatic rings. The van der Waals surface area contributed by atoms with Crippen molar-refractivity contribution in [2.75, 3.05) is 20.1 Å². The molecule has 1 aliphatic carbocycles. The Morgan fingerprint density at radius 3 is 2.50 bits per heavy atom. The Bertz CT molecular complexity index is 295. The molecular weight excluding hydrogens is 178 g/mol. The Morgan fingerprint density at radius 1 is 1.21 bits per heavy atom. The largest absolute Gasteiger partial charge is 0.306 e. The summed E-state index contributed by atoms with van der Waals surface area (Å²) in [4.78, 5) is 4.22. The van der Waals surface area contributed by atoms with Crippen molar-refractivity contribution in [3.8, 4) is 0 Å². The maximum atomic E-state index is 4.13. The summed E-state index contributed by atoms with van der Waals surface area (Å²) in [6.45, 7) is 2.49. The highest BCUT2D eigenvalue weighted by atomic mass is 15.6. The molecule has 5 heteroatoms. The zero-order valence-electron chi connectivity index (χ0n) is 8.37. The molecule has 76 valence electrons. The summed E-state index contributed by atoms with van der Waals surface area (Å²) in [6.07, 6.45) is 3.98. The van der Waals surface area contributed by atoms with Crippen LogP contribution < -0.4 is 0 Å². The van der Waals surface area contributed by atoms with Crippen molar-refractivity contribution in [3.63, 3.8) is 0 Å². The highest BCUT2D eigenvalue weighted by Gasteiger charge is 2.40. The summed E-state index contributed by atoms with van der Waals surface area (Å²) in [5.74, 6) is 1.71. The zero-order chi connectivity index (χ0) is 9.54. The summed E-state index contributed by atoms with van der Waals surface area (Å²) < 4.78 is 0. The van der Waals surface area contributed by atoms with E-state index in [0.29, 0.717) is 6.04 Å². The molecule has 5 nitrogen and oxygen atoms in total. The minimum Gasteiger partial charge on any atom is -0.306 e. The maximum absolute atomic E-state index is 4.13. The molecule has 1 saturated carbocycles. The van der Waals surface area contributed by atoms with Crippen molar-refractivity contribution in [2.45, 2.75) is 18.9 Å². The minimum absolute atomic E-state index is 0.501. The van der Waals surface area contributed by atoms with Crippen molar-refractivity contribution >= 4 is 0 Å². The molecule has 1 aliphatic heterocycles. The standard InChI is InChI=1S/C9H15N5/c1-13-4-7-2-9(3-8(7)5-13)14-11-6-10-12-14/h6-9H,2-5H2,1H3. The Morgan fingerprint density at radius 2 is 1.93 bits per heavy atom. The first-order valence-corrected chi connectivity index (χ1v) is 5.24. The maximum Gasteiger partial charge on any atom is 0.162 e. The molecule has 1 aromatic heterocycles. The molecule has 0 amide bonds. The number of likely N-dealkylation sites (tertiary alicyclic amines) is 1. The van der Waals surface area contributed by atoms with Crippen LogP contribution in [0.25, 0.3) is 0 Å². The van der Waals surface area contributed by atoms with Gasteiger partial charge in [-0.05, 0) is 36.9 Å². The second-order valence-electron chi connectivity index (χ2n) is 4.62. The Kier molecular flexibility index (Phi) is 1.80. The molecule has 0 bridgehead atoms. The smallest absolute Gasteiger partial charge is 0.162 e. The van der Waals surface area contributed by atoms with Crippen LogP contribution in [-0.4, -0.2) is 45.2 Å². The van der Waals surface area contributed by atoms with Gasteiger partial charge in [0.1, 0.15) is 0 Å². The Balaban J connectivity index is 1.73. The quantitative estimate of drug-likeness (QED) is 0.638. The van der Waals surface area contributed by atoms with Crippen LogP contribution in [0.5, 0.6) is 0 Å².